The van der Waals surface area contributed by atoms with Crippen molar-refractivity contribution in [3.8, 4) is 0 Å². The number of carbonyl (C=O) groups excluding carboxylic acids is 4. The first kappa shape index (κ1) is 33.3. The van der Waals surface area contributed by atoms with E-state index >= 15 is 0 Å². The highest BCUT2D eigenvalue weighted by Crippen LogP contribution is 2.40. The molecule has 1 aliphatic rings. The molecule has 0 aliphatic heterocycles. The average Bonchev–Trinajstić information content (AvgIpc) is 3.45. The summed E-state index contributed by atoms with van der Waals surface area (Å²) in [6.45, 7) is 5.22. The van der Waals surface area contributed by atoms with Gasteiger partial charge >= 0.3 is 0 Å². The molecule has 0 radical (unpaired) electrons. The minimum Gasteiger partial charge on any atom is -0.366 e. The van der Waals surface area contributed by atoms with Crippen LogP contribution >= 0.6 is 0 Å². The Morgan fingerprint density at radius 1 is 0.784 bits per heavy atom. The van der Waals surface area contributed by atoms with Crippen molar-refractivity contribution in [2.45, 2.75) is 65.1 Å². The number of aromatic nitrogens is 7. The van der Waals surface area contributed by atoms with Gasteiger partial charge < -0.3 is 25.2 Å². The number of amides is 4. The van der Waals surface area contributed by atoms with Crippen LogP contribution < -0.4 is 22.1 Å². The van der Waals surface area contributed by atoms with Crippen molar-refractivity contribution in [3.05, 3.63) is 88.5 Å². The summed E-state index contributed by atoms with van der Waals surface area (Å²) in [5.74, 6) is -0.594. The van der Waals surface area contributed by atoms with E-state index in [9.17, 15) is 19.2 Å². The Kier molecular flexibility index (Phi) is 8.62. The van der Waals surface area contributed by atoms with Gasteiger partial charge in [0, 0.05) is 44.0 Å². The van der Waals surface area contributed by atoms with Gasteiger partial charge in [0.15, 0.2) is 0 Å². The van der Waals surface area contributed by atoms with E-state index in [4.69, 9.17) is 16.5 Å². The number of anilines is 2. The van der Waals surface area contributed by atoms with Crippen LogP contribution in [0.15, 0.2) is 54.7 Å². The molecule has 0 saturated heterocycles. The van der Waals surface area contributed by atoms with Crippen molar-refractivity contribution in [2.24, 2.45) is 18.5 Å². The summed E-state index contributed by atoms with van der Waals surface area (Å²) in [5.41, 5.74) is 17.0. The second-order valence-corrected chi connectivity index (χ2v) is 13.0. The van der Waals surface area contributed by atoms with Gasteiger partial charge in [-0.05, 0) is 99.5 Å². The summed E-state index contributed by atoms with van der Waals surface area (Å²) in [4.78, 5) is 60.1. The highest BCUT2D eigenvalue weighted by atomic mass is 16.2. The number of hydrogen-bond acceptors (Lipinski definition) is 7. The standard InChI is InChI=1S/C36H39N11O4/c1-4-47-30(15-20(2)43-47)34(51)42-36-40-26-17-23(32(38)49)10-12-28(26)46(36)14-6-5-13-45-27-11-9-22(31(37)48)16-25(27)39-35(45)41-33(50)29-18-24(19-44(29)3)21-7-8-21/h9-12,15-19,21H,4-8,13-14H2,1-3H3,(H2,37,48)(H2,38,49)(H,39,41,50)(H,40,42,51). The number of aryl methyl sites for hydroxylation is 5. The molecule has 4 heterocycles. The number of imidazole rings is 2. The van der Waals surface area contributed by atoms with Crippen molar-refractivity contribution < 1.29 is 19.2 Å². The van der Waals surface area contributed by atoms with Gasteiger partial charge in [-0.25, -0.2) is 9.97 Å². The molecule has 1 fully saturated rings. The molecule has 1 saturated carbocycles. The van der Waals surface area contributed by atoms with E-state index in [0.717, 1.165) is 35.1 Å². The molecule has 15 nitrogen and oxygen atoms in total. The predicted octanol–water partition coefficient (Wildman–Crippen LogP) is 4.31. The van der Waals surface area contributed by atoms with Crippen LogP contribution in [-0.2, 0) is 26.7 Å². The SMILES string of the molecule is CCn1nc(C)cc1C(=O)Nc1nc2cc(C(N)=O)ccc2n1CCCCn1c(NC(=O)c2cc(C3CC3)cn2C)nc2cc(C(N)=O)ccc21. The molecule has 15 heteroatoms. The fraction of sp³-hybridized carbons (Fsp3) is 0.306. The molecule has 7 rings (SSSR count). The highest BCUT2D eigenvalue weighted by molar-refractivity contribution is 6.04. The summed E-state index contributed by atoms with van der Waals surface area (Å²) in [6.07, 6.45) is 5.55. The molecule has 0 atom stereocenters. The van der Waals surface area contributed by atoms with Crippen molar-refractivity contribution in [3.63, 3.8) is 0 Å². The van der Waals surface area contributed by atoms with Crippen molar-refractivity contribution in [1.82, 2.24) is 33.4 Å². The second-order valence-electron chi connectivity index (χ2n) is 13.0. The van der Waals surface area contributed by atoms with Gasteiger partial charge in [0.2, 0.25) is 23.7 Å². The lowest BCUT2D eigenvalue weighted by Gasteiger charge is -2.13. The second kappa shape index (κ2) is 13.2. The van der Waals surface area contributed by atoms with Crippen LogP contribution in [0.25, 0.3) is 22.1 Å². The first-order chi connectivity index (χ1) is 24.5. The minimum absolute atomic E-state index is 0.281. The number of rotatable bonds is 13. The van der Waals surface area contributed by atoms with Crippen LogP contribution in [0.1, 0.15) is 91.5 Å². The van der Waals surface area contributed by atoms with Gasteiger partial charge in [-0.1, -0.05) is 0 Å². The van der Waals surface area contributed by atoms with Gasteiger partial charge in [-0.3, -0.25) is 34.5 Å². The third kappa shape index (κ3) is 6.57. The van der Waals surface area contributed by atoms with Crippen LogP contribution in [0.5, 0.6) is 0 Å². The number of hydrogen-bond donors (Lipinski definition) is 4. The van der Waals surface area contributed by atoms with Crippen LogP contribution in [-0.4, -0.2) is 57.1 Å². The number of primary amides is 2. The first-order valence-corrected chi connectivity index (χ1v) is 16.9. The lowest BCUT2D eigenvalue weighted by atomic mass is 10.2. The van der Waals surface area contributed by atoms with Crippen molar-refractivity contribution >= 4 is 57.6 Å². The molecule has 0 bridgehead atoms. The number of nitrogens with zero attached hydrogens (tertiary/aromatic N) is 7. The van der Waals surface area contributed by atoms with Crippen LogP contribution in [0.4, 0.5) is 11.9 Å². The molecule has 4 amide bonds. The smallest absolute Gasteiger partial charge is 0.276 e. The Morgan fingerprint density at radius 3 is 1.80 bits per heavy atom. The normalized spacial score (nSPS) is 12.8. The predicted molar refractivity (Wildman–Crippen MR) is 192 cm³/mol. The number of fused-ring (bicyclic) bond motifs is 2. The van der Waals surface area contributed by atoms with Crippen molar-refractivity contribution in [2.75, 3.05) is 10.6 Å². The lowest BCUT2D eigenvalue weighted by Crippen LogP contribution is -2.20. The van der Waals surface area contributed by atoms with Crippen molar-refractivity contribution in [1.29, 1.82) is 0 Å². The van der Waals surface area contributed by atoms with E-state index in [1.54, 1.807) is 47.1 Å². The number of nitrogens with one attached hydrogen (secondary N) is 2. The van der Waals surface area contributed by atoms with Gasteiger partial charge in [-0.15, -0.1) is 0 Å². The molecule has 51 heavy (non-hydrogen) atoms. The summed E-state index contributed by atoms with van der Waals surface area (Å²) in [5, 5.41) is 10.3. The van der Waals surface area contributed by atoms with E-state index < -0.39 is 11.8 Å². The molecule has 0 unspecified atom stereocenters. The Labute approximate surface area is 292 Å². The molecule has 2 aromatic carbocycles. The molecule has 6 N–H and O–H groups in total. The first-order valence-electron chi connectivity index (χ1n) is 16.9. The maximum atomic E-state index is 13.5. The number of benzene rings is 2. The van der Waals surface area contributed by atoms with Gasteiger partial charge in [0.1, 0.15) is 11.4 Å². The van der Waals surface area contributed by atoms with Gasteiger partial charge in [0.25, 0.3) is 11.8 Å². The molecule has 262 valence electrons. The van der Waals surface area contributed by atoms with Crippen LogP contribution in [0.3, 0.4) is 0 Å². The van der Waals surface area contributed by atoms with E-state index in [1.807, 2.05) is 46.9 Å². The number of nitrogens with two attached hydrogens (primary N) is 2. The zero-order valence-corrected chi connectivity index (χ0v) is 28.6. The fourth-order valence-electron chi connectivity index (χ4n) is 6.51. The zero-order valence-electron chi connectivity index (χ0n) is 28.6. The Balaban J connectivity index is 1.14. The van der Waals surface area contributed by atoms with E-state index in [0.29, 0.717) is 83.8 Å². The molecule has 1 aliphatic carbocycles. The van der Waals surface area contributed by atoms with Gasteiger partial charge in [0.05, 0.1) is 27.8 Å². The highest BCUT2D eigenvalue weighted by Gasteiger charge is 2.27. The molecular weight excluding hydrogens is 650 g/mol. The van der Waals surface area contributed by atoms with Crippen LogP contribution in [0.2, 0.25) is 0 Å². The molecule has 6 aromatic rings. The summed E-state index contributed by atoms with van der Waals surface area (Å²) in [7, 11) is 1.85. The third-order valence-corrected chi connectivity index (χ3v) is 9.27. The summed E-state index contributed by atoms with van der Waals surface area (Å²) >= 11 is 0. The molecule has 4 aromatic heterocycles. The Morgan fingerprint density at radius 2 is 1.31 bits per heavy atom. The number of carbonyl (C=O) groups is 4. The molecular formula is C36H39N11O4. The maximum absolute atomic E-state index is 13.5. The largest absolute Gasteiger partial charge is 0.366 e. The number of unbranched alkanes of at least 4 members (excludes halogenated alkanes) is 1. The van der Waals surface area contributed by atoms with Gasteiger partial charge in [-0.2, -0.15) is 5.10 Å². The summed E-state index contributed by atoms with van der Waals surface area (Å²) in [6, 6.07) is 13.7. The fourth-order valence-corrected chi connectivity index (χ4v) is 6.51. The Bertz CT molecular complexity index is 2350. The lowest BCUT2D eigenvalue weighted by molar-refractivity contribution is 0.0992. The third-order valence-electron chi connectivity index (χ3n) is 9.27. The maximum Gasteiger partial charge on any atom is 0.276 e. The van der Waals surface area contributed by atoms with E-state index in [1.165, 1.54) is 0 Å². The monoisotopic (exact) mass is 689 g/mol. The zero-order chi connectivity index (χ0) is 36.0. The molecule has 0 spiro atoms. The van der Waals surface area contributed by atoms with E-state index in [-0.39, 0.29) is 11.8 Å². The average molecular weight is 690 g/mol. The summed E-state index contributed by atoms with van der Waals surface area (Å²) < 4.78 is 7.28. The topological polar surface area (TPSA) is 203 Å². The Hall–Kier alpha value is -6.25. The quantitative estimate of drug-likeness (QED) is 0.129. The minimum atomic E-state index is -0.576. The van der Waals surface area contributed by atoms with E-state index in [2.05, 4.69) is 20.7 Å². The van der Waals surface area contributed by atoms with Crippen LogP contribution in [0, 0.1) is 6.92 Å².